The quantitative estimate of drug-likeness (QED) is 0.331. The van der Waals surface area contributed by atoms with Crippen LogP contribution in [0.3, 0.4) is 0 Å². The first-order valence-electron chi connectivity index (χ1n) is 10.4. The van der Waals surface area contributed by atoms with E-state index in [2.05, 4.69) is 20.5 Å². The van der Waals surface area contributed by atoms with Crippen LogP contribution in [0.25, 0.3) is 22.7 Å². The third kappa shape index (κ3) is 4.80. The normalized spacial score (nSPS) is 11.1. The van der Waals surface area contributed by atoms with E-state index in [0.29, 0.717) is 22.5 Å². The number of benzene rings is 2. The number of carbonyl (C=O) groups excluding carboxylic acids is 1. The molecule has 5 aromatic rings. The van der Waals surface area contributed by atoms with E-state index < -0.39 is 0 Å². The summed E-state index contributed by atoms with van der Waals surface area (Å²) in [6, 6.07) is 19.2. The van der Waals surface area contributed by atoms with Gasteiger partial charge in [0.05, 0.1) is 23.0 Å². The van der Waals surface area contributed by atoms with E-state index in [-0.39, 0.29) is 17.5 Å². The molecule has 1 amide bonds. The van der Waals surface area contributed by atoms with Crippen LogP contribution >= 0.6 is 23.4 Å². The number of amides is 1. The zero-order chi connectivity index (χ0) is 23.5. The van der Waals surface area contributed by atoms with Gasteiger partial charge in [0, 0.05) is 23.6 Å². The number of hydrogen-bond acceptors (Lipinski definition) is 5. The van der Waals surface area contributed by atoms with Gasteiger partial charge in [-0.1, -0.05) is 41.6 Å². The van der Waals surface area contributed by atoms with Gasteiger partial charge in [0.15, 0.2) is 11.0 Å². The maximum absolute atomic E-state index is 13.4. The van der Waals surface area contributed by atoms with Gasteiger partial charge in [-0.25, -0.2) is 9.37 Å². The first-order chi connectivity index (χ1) is 16.6. The van der Waals surface area contributed by atoms with Crippen LogP contribution in [0.5, 0.6) is 0 Å². The molecule has 0 atom stereocenters. The number of nitrogens with one attached hydrogen (secondary N) is 1. The number of pyridine rings is 1. The molecule has 0 aliphatic carbocycles. The van der Waals surface area contributed by atoms with Gasteiger partial charge in [-0.15, -0.1) is 10.2 Å². The van der Waals surface area contributed by atoms with E-state index >= 15 is 0 Å². The van der Waals surface area contributed by atoms with Crippen LogP contribution < -0.4 is 5.32 Å². The van der Waals surface area contributed by atoms with E-state index in [1.807, 2.05) is 51.6 Å². The molecular formula is C24H18ClFN6OS. The summed E-state index contributed by atoms with van der Waals surface area (Å²) in [4.78, 5) is 17.0. The molecule has 0 saturated carbocycles. The highest BCUT2D eigenvalue weighted by Crippen LogP contribution is 2.28. The minimum absolute atomic E-state index is 0.146. The molecule has 0 bridgehead atoms. The number of thioether (sulfide) groups is 1. The van der Waals surface area contributed by atoms with Crippen molar-refractivity contribution in [1.29, 1.82) is 0 Å². The Hall–Kier alpha value is -3.69. The molecule has 5 rings (SSSR count). The Kier molecular flexibility index (Phi) is 6.29. The lowest BCUT2D eigenvalue weighted by Gasteiger charge is -2.10. The highest BCUT2D eigenvalue weighted by Gasteiger charge is 2.17. The summed E-state index contributed by atoms with van der Waals surface area (Å²) >= 11 is 7.28. The second kappa shape index (κ2) is 9.66. The van der Waals surface area contributed by atoms with Crippen LogP contribution in [0, 0.1) is 5.82 Å². The van der Waals surface area contributed by atoms with Crippen LogP contribution in [-0.4, -0.2) is 35.8 Å². The van der Waals surface area contributed by atoms with Gasteiger partial charge in [0.25, 0.3) is 0 Å². The molecular weight excluding hydrogens is 475 g/mol. The molecule has 34 heavy (non-hydrogen) atoms. The number of aromatic nitrogens is 5. The summed E-state index contributed by atoms with van der Waals surface area (Å²) in [7, 11) is 0. The highest BCUT2D eigenvalue weighted by atomic mass is 35.5. The fourth-order valence-corrected chi connectivity index (χ4v) is 4.38. The summed E-state index contributed by atoms with van der Waals surface area (Å²) < 4.78 is 17.1. The number of hydrogen-bond donors (Lipinski definition) is 1. The second-order valence-electron chi connectivity index (χ2n) is 7.39. The molecule has 0 unspecified atom stereocenters. The minimum Gasteiger partial charge on any atom is -0.350 e. The Bertz CT molecular complexity index is 1450. The van der Waals surface area contributed by atoms with Crippen LogP contribution in [0.2, 0.25) is 5.02 Å². The maximum atomic E-state index is 13.4. The molecule has 1 N–H and O–H groups in total. The van der Waals surface area contributed by atoms with Gasteiger partial charge in [0.1, 0.15) is 11.5 Å². The third-order valence-corrected chi connectivity index (χ3v) is 6.17. The van der Waals surface area contributed by atoms with Gasteiger partial charge in [-0.3, -0.25) is 9.36 Å². The molecule has 0 spiro atoms. The molecule has 3 heterocycles. The van der Waals surface area contributed by atoms with E-state index in [0.717, 1.165) is 22.6 Å². The predicted molar refractivity (Wildman–Crippen MR) is 130 cm³/mol. The van der Waals surface area contributed by atoms with Crippen LogP contribution in [0.1, 0.15) is 5.69 Å². The Morgan fingerprint density at radius 3 is 2.59 bits per heavy atom. The smallest absolute Gasteiger partial charge is 0.230 e. The summed E-state index contributed by atoms with van der Waals surface area (Å²) in [5.74, 6) is 0.228. The summed E-state index contributed by atoms with van der Waals surface area (Å²) in [6.07, 6.45) is 3.59. The number of rotatable bonds is 7. The van der Waals surface area contributed by atoms with Crippen molar-refractivity contribution in [2.45, 2.75) is 11.7 Å². The summed E-state index contributed by atoms with van der Waals surface area (Å²) in [6.45, 7) is 0.297. The molecule has 0 saturated heterocycles. The van der Waals surface area contributed by atoms with Crippen molar-refractivity contribution in [3.05, 3.63) is 95.7 Å². The first-order valence-corrected chi connectivity index (χ1v) is 11.7. The van der Waals surface area contributed by atoms with Gasteiger partial charge < -0.3 is 9.72 Å². The fraction of sp³-hybridized carbons (Fsp3) is 0.0833. The van der Waals surface area contributed by atoms with Crippen LogP contribution in [-0.2, 0) is 11.3 Å². The Morgan fingerprint density at radius 1 is 1.00 bits per heavy atom. The molecule has 170 valence electrons. The predicted octanol–water partition coefficient (Wildman–Crippen LogP) is 4.78. The van der Waals surface area contributed by atoms with Crippen LogP contribution in [0.4, 0.5) is 4.39 Å². The molecule has 0 fully saturated rings. The fourth-order valence-electron chi connectivity index (χ4n) is 3.43. The lowest BCUT2D eigenvalue weighted by atomic mass is 10.2. The molecule has 7 nitrogen and oxygen atoms in total. The molecule has 2 aromatic carbocycles. The second-order valence-corrected chi connectivity index (χ2v) is 8.77. The monoisotopic (exact) mass is 492 g/mol. The molecule has 0 aliphatic heterocycles. The van der Waals surface area contributed by atoms with Gasteiger partial charge in [-0.2, -0.15) is 0 Å². The Balaban J connectivity index is 1.30. The minimum atomic E-state index is -0.325. The van der Waals surface area contributed by atoms with Crippen molar-refractivity contribution in [2.24, 2.45) is 0 Å². The molecule has 10 heteroatoms. The molecule has 0 radical (unpaired) electrons. The number of fused-ring (bicyclic) bond motifs is 1. The largest absolute Gasteiger partial charge is 0.350 e. The van der Waals surface area contributed by atoms with E-state index in [4.69, 9.17) is 11.6 Å². The standard InChI is InChI=1S/C24H18ClFN6OS/c25-17-8-11-21-28-19(14-31(21)13-17)12-27-22(33)15-34-24-30-29-23(16-6-9-18(26)10-7-16)32(24)20-4-2-1-3-5-20/h1-11,13-14H,12,15H2,(H,27,33). The van der Waals surface area contributed by atoms with E-state index in [1.165, 1.54) is 23.9 Å². The lowest BCUT2D eigenvalue weighted by Crippen LogP contribution is -2.24. The van der Waals surface area contributed by atoms with Gasteiger partial charge in [-0.05, 0) is 48.5 Å². The highest BCUT2D eigenvalue weighted by molar-refractivity contribution is 7.99. The topological polar surface area (TPSA) is 77.1 Å². The van der Waals surface area contributed by atoms with Gasteiger partial charge in [0.2, 0.25) is 5.91 Å². The third-order valence-electron chi connectivity index (χ3n) is 5.01. The first kappa shape index (κ1) is 22.1. The number of carbonyl (C=O) groups is 1. The van der Waals surface area contributed by atoms with E-state index in [1.54, 1.807) is 24.4 Å². The SMILES string of the molecule is O=C(CSc1nnc(-c2ccc(F)cc2)n1-c1ccccc1)NCc1cn2cc(Cl)ccc2n1. The summed E-state index contributed by atoms with van der Waals surface area (Å²) in [5, 5.41) is 12.7. The van der Waals surface area contributed by atoms with Crippen molar-refractivity contribution in [3.8, 4) is 17.1 Å². The lowest BCUT2D eigenvalue weighted by molar-refractivity contribution is -0.118. The average Bonchev–Trinajstić information content (AvgIpc) is 3.46. The molecule has 3 aromatic heterocycles. The Labute approximate surface area is 203 Å². The number of para-hydroxylation sites is 1. The van der Waals surface area contributed by atoms with Crippen molar-refractivity contribution in [1.82, 2.24) is 29.5 Å². The maximum Gasteiger partial charge on any atom is 0.230 e. The van der Waals surface area contributed by atoms with Crippen molar-refractivity contribution >= 4 is 34.9 Å². The van der Waals surface area contributed by atoms with Crippen LogP contribution in [0.15, 0.2) is 84.3 Å². The van der Waals surface area contributed by atoms with Gasteiger partial charge >= 0.3 is 0 Å². The number of imidazole rings is 1. The van der Waals surface area contributed by atoms with E-state index in [9.17, 15) is 9.18 Å². The van der Waals surface area contributed by atoms with Crippen molar-refractivity contribution in [2.75, 3.05) is 5.75 Å². The summed E-state index contributed by atoms with van der Waals surface area (Å²) in [5.41, 5.74) is 3.05. The Morgan fingerprint density at radius 2 is 1.79 bits per heavy atom. The number of nitrogens with zero attached hydrogens (tertiary/aromatic N) is 5. The zero-order valence-electron chi connectivity index (χ0n) is 17.7. The van der Waals surface area contributed by atoms with Crippen molar-refractivity contribution < 1.29 is 9.18 Å². The molecule has 0 aliphatic rings. The average molecular weight is 493 g/mol. The zero-order valence-corrected chi connectivity index (χ0v) is 19.3. The van der Waals surface area contributed by atoms with Crippen molar-refractivity contribution in [3.63, 3.8) is 0 Å². The number of halogens is 2.